The van der Waals surface area contributed by atoms with Gasteiger partial charge < -0.3 is 20.1 Å². The maximum Gasteiger partial charge on any atom is 0.331 e. The van der Waals surface area contributed by atoms with E-state index in [4.69, 9.17) is 4.74 Å². The molecule has 1 aromatic rings. The highest BCUT2D eigenvalue weighted by Gasteiger charge is 2.70. The average molecular weight is 619 g/mol. The Morgan fingerprint density at radius 1 is 0.867 bits per heavy atom. The van der Waals surface area contributed by atoms with Crippen LogP contribution in [-0.2, 0) is 14.3 Å². The number of carboxylic acid groups (broad SMARTS) is 1. The minimum absolute atomic E-state index is 0.112. The number of benzene rings is 1. The summed E-state index contributed by atoms with van der Waals surface area (Å²) in [7, 11) is 0. The Labute approximate surface area is 269 Å². The van der Waals surface area contributed by atoms with E-state index in [1.54, 1.807) is 30.3 Å². The van der Waals surface area contributed by atoms with Crippen molar-refractivity contribution in [2.75, 3.05) is 0 Å². The SMILES string of the molecule is CC1(C)CC[C@]2(C(=O)O)CC=C3[C@]4(C)CC[C@H]5C(C)(C)[C@@H](OC(=O)/C=C/c6ccc(O)cc6)C[C@H](O)[C@]5(C)[C@H]4CC[C@@]3(C)[C@@H]2C1. The number of esters is 1. The van der Waals surface area contributed by atoms with Crippen LogP contribution < -0.4 is 0 Å². The fourth-order valence-corrected chi connectivity index (χ4v) is 11.9. The van der Waals surface area contributed by atoms with Crippen LogP contribution in [0, 0.1) is 50.2 Å². The number of carboxylic acids is 1. The summed E-state index contributed by atoms with van der Waals surface area (Å²) in [6.07, 6.45) is 11.9. The molecule has 0 bridgehead atoms. The van der Waals surface area contributed by atoms with Crippen LogP contribution in [0.4, 0.5) is 0 Å². The molecule has 5 aliphatic carbocycles. The molecule has 9 atom stereocenters. The monoisotopic (exact) mass is 618 g/mol. The molecular weight excluding hydrogens is 564 g/mol. The number of hydrogen-bond donors (Lipinski definition) is 3. The number of phenols is 1. The summed E-state index contributed by atoms with van der Waals surface area (Å²) in [6.45, 7) is 16.1. The van der Waals surface area contributed by atoms with Gasteiger partial charge in [0.25, 0.3) is 0 Å². The van der Waals surface area contributed by atoms with Crippen LogP contribution in [0.15, 0.2) is 42.0 Å². The Hall–Kier alpha value is -2.60. The molecule has 5 aliphatic rings. The third kappa shape index (κ3) is 4.74. The van der Waals surface area contributed by atoms with Crippen molar-refractivity contribution >= 4 is 18.0 Å². The van der Waals surface area contributed by atoms with Crippen LogP contribution in [0.3, 0.4) is 0 Å². The molecule has 0 spiro atoms. The number of rotatable bonds is 4. The van der Waals surface area contributed by atoms with E-state index in [9.17, 15) is 24.9 Å². The second kappa shape index (κ2) is 10.5. The Morgan fingerprint density at radius 3 is 2.13 bits per heavy atom. The van der Waals surface area contributed by atoms with Crippen molar-refractivity contribution in [1.29, 1.82) is 0 Å². The normalized spacial score (nSPS) is 43.2. The minimum Gasteiger partial charge on any atom is -0.508 e. The third-order valence-corrected chi connectivity index (χ3v) is 14.4. The fraction of sp³-hybridized carbons (Fsp3) is 0.692. The topological polar surface area (TPSA) is 104 Å². The molecule has 3 N–H and O–H groups in total. The van der Waals surface area contributed by atoms with Gasteiger partial charge in [0.2, 0.25) is 0 Å². The first-order valence-corrected chi connectivity index (χ1v) is 17.2. The fourth-order valence-electron chi connectivity index (χ4n) is 11.9. The zero-order chi connectivity index (χ0) is 32.8. The third-order valence-electron chi connectivity index (χ3n) is 14.4. The van der Waals surface area contributed by atoms with Gasteiger partial charge in [-0.1, -0.05) is 72.2 Å². The smallest absolute Gasteiger partial charge is 0.331 e. The summed E-state index contributed by atoms with van der Waals surface area (Å²) in [5, 5.41) is 32.3. The van der Waals surface area contributed by atoms with Crippen molar-refractivity contribution in [3.8, 4) is 5.75 Å². The van der Waals surface area contributed by atoms with Gasteiger partial charge in [0.1, 0.15) is 11.9 Å². The van der Waals surface area contributed by atoms with E-state index < -0.39 is 29.6 Å². The predicted molar refractivity (Wildman–Crippen MR) is 175 cm³/mol. The van der Waals surface area contributed by atoms with Crippen molar-refractivity contribution in [3.63, 3.8) is 0 Å². The van der Waals surface area contributed by atoms with Gasteiger partial charge in [-0.3, -0.25) is 4.79 Å². The zero-order valence-corrected chi connectivity index (χ0v) is 28.4. The van der Waals surface area contributed by atoms with Crippen molar-refractivity contribution in [2.24, 2.45) is 50.2 Å². The van der Waals surface area contributed by atoms with Crippen LogP contribution in [-0.4, -0.2) is 39.5 Å². The number of allylic oxidation sites excluding steroid dienone is 2. The van der Waals surface area contributed by atoms with E-state index in [1.165, 1.54) is 11.6 Å². The van der Waals surface area contributed by atoms with Gasteiger partial charge in [0.05, 0.1) is 11.5 Å². The number of aliphatic carboxylic acids is 1. The molecule has 6 nitrogen and oxygen atoms in total. The van der Waals surface area contributed by atoms with Crippen molar-refractivity contribution in [1.82, 2.24) is 0 Å². The molecule has 6 rings (SSSR count). The Bertz CT molecular complexity index is 1420. The van der Waals surface area contributed by atoms with Crippen LogP contribution in [0.1, 0.15) is 112 Å². The lowest BCUT2D eigenvalue weighted by Crippen LogP contribution is -2.67. The maximum atomic E-state index is 13.0. The number of carbonyl (C=O) groups excluding carboxylic acids is 1. The zero-order valence-electron chi connectivity index (χ0n) is 28.4. The lowest BCUT2D eigenvalue weighted by atomic mass is 9.34. The van der Waals surface area contributed by atoms with Gasteiger partial charge in [-0.2, -0.15) is 0 Å². The highest BCUT2D eigenvalue weighted by molar-refractivity contribution is 5.87. The van der Waals surface area contributed by atoms with Gasteiger partial charge >= 0.3 is 11.9 Å². The molecule has 6 heteroatoms. The van der Waals surface area contributed by atoms with Crippen LogP contribution in [0.5, 0.6) is 5.75 Å². The quantitative estimate of drug-likeness (QED) is 0.179. The molecule has 45 heavy (non-hydrogen) atoms. The van der Waals surface area contributed by atoms with Gasteiger partial charge in [-0.05, 0) is 109 Å². The summed E-state index contributed by atoms with van der Waals surface area (Å²) in [4.78, 5) is 26.0. The number of aliphatic hydroxyl groups is 1. The number of fused-ring (bicyclic) bond motifs is 7. The summed E-state index contributed by atoms with van der Waals surface area (Å²) < 4.78 is 6.09. The first-order chi connectivity index (χ1) is 20.9. The highest BCUT2D eigenvalue weighted by atomic mass is 16.5. The van der Waals surface area contributed by atoms with E-state index in [0.29, 0.717) is 12.8 Å². The van der Waals surface area contributed by atoms with Gasteiger partial charge in [0, 0.05) is 23.3 Å². The molecule has 4 fully saturated rings. The molecule has 0 radical (unpaired) electrons. The molecular formula is C39H54O6. The Kier molecular flexibility index (Phi) is 7.51. The van der Waals surface area contributed by atoms with Gasteiger partial charge in [-0.15, -0.1) is 0 Å². The number of phenolic OH excluding ortho intramolecular Hbond substituents is 1. The molecule has 0 aliphatic heterocycles. The second-order valence-electron chi connectivity index (χ2n) is 17.5. The molecule has 0 aromatic heterocycles. The molecule has 1 aromatic carbocycles. The van der Waals surface area contributed by atoms with Crippen LogP contribution in [0.25, 0.3) is 6.08 Å². The molecule has 0 heterocycles. The molecule has 0 unspecified atom stereocenters. The Balaban J connectivity index is 1.28. The summed E-state index contributed by atoms with van der Waals surface area (Å²) in [6, 6.07) is 6.65. The first-order valence-electron chi connectivity index (χ1n) is 17.2. The van der Waals surface area contributed by atoms with Gasteiger partial charge in [-0.25, -0.2) is 4.79 Å². The van der Waals surface area contributed by atoms with E-state index in [0.717, 1.165) is 50.5 Å². The van der Waals surface area contributed by atoms with Crippen LogP contribution in [0.2, 0.25) is 0 Å². The summed E-state index contributed by atoms with van der Waals surface area (Å²) >= 11 is 0. The van der Waals surface area contributed by atoms with Crippen molar-refractivity contribution in [2.45, 2.75) is 118 Å². The predicted octanol–water partition coefficient (Wildman–Crippen LogP) is 8.17. The highest BCUT2D eigenvalue weighted by Crippen LogP contribution is 2.75. The second-order valence-corrected chi connectivity index (χ2v) is 17.5. The minimum atomic E-state index is -0.682. The molecule has 0 amide bonds. The lowest BCUT2D eigenvalue weighted by Gasteiger charge is -2.70. The summed E-state index contributed by atoms with van der Waals surface area (Å²) in [5.74, 6) is -0.321. The van der Waals surface area contributed by atoms with Crippen LogP contribution >= 0.6 is 0 Å². The number of hydrogen-bond acceptors (Lipinski definition) is 5. The number of aromatic hydroxyl groups is 1. The van der Waals surface area contributed by atoms with Gasteiger partial charge in [0.15, 0.2) is 0 Å². The maximum absolute atomic E-state index is 13.0. The number of carbonyl (C=O) groups is 2. The van der Waals surface area contributed by atoms with Crippen molar-refractivity contribution in [3.05, 3.63) is 47.6 Å². The first kappa shape index (κ1) is 32.3. The van der Waals surface area contributed by atoms with E-state index >= 15 is 0 Å². The number of aliphatic hydroxyl groups excluding tert-OH is 1. The molecule has 246 valence electrons. The van der Waals surface area contributed by atoms with Crippen molar-refractivity contribution < 1.29 is 29.6 Å². The van der Waals surface area contributed by atoms with E-state index in [1.807, 2.05) is 0 Å². The Morgan fingerprint density at radius 2 is 1.49 bits per heavy atom. The average Bonchev–Trinajstić information content (AvgIpc) is 2.95. The van der Waals surface area contributed by atoms with E-state index in [-0.39, 0.29) is 50.6 Å². The van der Waals surface area contributed by atoms with E-state index in [2.05, 4.69) is 54.5 Å². The number of ether oxygens (including phenoxy) is 1. The molecule has 4 saturated carbocycles. The molecule has 0 saturated heterocycles. The summed E-state index contributed by atoms with van der Waals surface area (Å²) in [5.41, 5.74) is 0.748. The largest absolute Gasteiger partial charge is 0.508 e. The standard InChI is InChI=1S/C39H54O6/c1-34(2)20-21-39(33(43)44)19-16-27-36(5)17-14-26-35(3,4)31(45-32(42)13-10-24-8-11-25(40)12-9-24)22-30(41)38(26,7)28(36)15-18-37(27,6)29(39)23-34/h8-13,16,26,28-31,40-41H,14-15,17-23H2,1-7H3,(H,43,44)/b13-10+/t26-,28-,29-,30-,31-,36-,37+,38-,39+/m0/s1. The lowest BCUT2D eigenvalue weighted by molar-refractivity contribution is -0.235.